The Hall–Kier alpha value is -1.69. The zero-order valence-electron chi connectivity index (χ0n) is 14.8. The summed E-state index contributed by atoms with van der Waals surface area (Å²) in [4.78, 5) is 12.8. The van der Waals surface area contributed by atoms with Crippen molar-refractivity contribution in [1.82, 2.24) is 20.2 Å². The van der Waals surface area contributed by atoms with E-state index in [-0.39, 0.29) is 16.6 Å². The van der Waals surface area contributed by atoms with E-state index >= 15 is 0 Å². The zero-order valence-corrected chi connectivity index (χ0v) is 15.7. The van der Waals surface area contributed by atoms with Gasteiger partial charge in [-0.1, -0.05) is 17.8 Å². The molecular formula is C17H24N4OS. The normalized spacial score (nSPS) is 13.2. The van der Waals surface area contributed by atoms with Crippen LogP contribution in [-0.4, -0.2) is 31.2 Å². The van der Waals surface area contributed by atoms with Gasteiger partial charge in [0.25, 0.3) is 0 Å². The largest absolute Gasteiger partial charge is 0.293 e. The maximum absolute atomic E-state index is 12.8. The third-order valence-electron chi connectivity index (χ3n) is 3.83. The van der Waals surface area contributed by atoms with Crippen LogP contribution in [0.4, 0.5) is 0 Å². The summed E-state index contributed by atoms with van der Waals surface area (Å²) in [5, 5.41) is 12.3. The fraction of sp³-hybridized carbons (Fsp3) is 0.529. The SMILES string of the molecule is Cc1cc(C)c(C(=O)C(C)Sc2nnnn2C(C)(C)C)cc1C. The number of thioether (sulfide) groups is 1. The van der Waals surface area contributed by atoms with Crippen LogP contribution in [0.3, 0.4) is 0 Å². The van der Waals surface area contributed by atoms with Crippen LogP contribution in [0.5, 0.6) is 0 Å². The maximum atomic E-state index is 12.8. The number of aromatic nitrogens is 4. The van der Waals surface area contributed by atoms with Gasteiger partial charge in [0.2, 0.25) is 5.16 Å². The summed E-state index contributed by atoms with van der Waals surface area (Å²) in [6.07, 6.45) is 0. The highest BCUT2D eigenvalue weighted by atomic mass is 32.2. The molecular weight excluding hydrogens is 308 g/mol. The molecule has 0 N–H and O–H groups in total. The Kier molecular flexibility index (Phi) is 4.94. The van der Waals surface area contributed by atoms with E-state index in [9.17, 15) is 4.79 Å². The molecule has 6 heteroatoms. The third-order valence-corrected chi connectivity index (χ3v) is 4.87. The van der Waals surface area contributed by atoms with Crippen LogP contribution >= 0.6 is 11.8 Å². The second-order valence-electron chi connectivity index (χ2n) is 6.92. The summed E-state index contributed by atoms with van der Waals surface area (Å²) in [5.74, 6) is 0.110. The Bertz CT molecular complexity index is 731. The number of carbonyl (C=O) groups is 1. The summed E-state index contributed by atoms with van der Waals surface area (Å²) in [6.45, 7) is 14.1. The lowest BCUT2D eigenvalue weighted by Crippen LogP contribution is -2.25. The molecule has 2 aromatic rings. The van der Waals surface area contributed by atoms with Crippen molar-refractivity contribution in [2.24, 2.45) is 0 Å². The fourth-order valence-electron chi connectivity index (χ4n) is 2.33. The average Bonchev–Trinajstić information content (AvgIpc) is 2.90. The molecule has 1 aromatic carbocycles. The van der Waals surface area contributed by atoms with E-state index in [4.69, 9.17) is 0 Å². The number of tetrazole rings is 1. The molecule has 0 fully saturated rings. The van der Waals surface area contributed by atoms with Crippen LogP contribution < -0.4 is 0 Å². The van der Waals surface area contributed by atoms with E-state index in [1.807, 2.05) is 47.6 Å². The minimum Gasteiger partial charge on any atom is -0.293 e. The number of aryl methyl sites for hydroxylation is 3. The molecule has 5 nitrogen and oxygen atoms in total. The quantitative estimate of drug-likeness (QED) is 0.631. The molecule has 0 aliphatic rings. The Morgan fingerprint density at radius 1 is 1.13 bits per heavy atom. The van der Waals surface area contributed by atoms with E-state index in [1.165, 1.54) is 17.3 Å². The van der Waals surface area contributed by atoms with Gasteiger partial charge in [0.1, 0.15) is 0 Å². The smallest absolute Gasteiger partial charge is 0.210 e. The molecule has 0 aliphatic heterocycles. The Labute approximate surface area is 141 Å². The molecule has 1 heterocycles. The number of hydrogen-bond acceptors (Lipinski definition) is 5. The van der Waals surface area contributed by atoms with E-state index in [0.29, 0.717) is 5.16 Å². The topological polar surface area (TPSA) is 60.7 Å². The second-order valence-corrected chi connectivity index (χ2v) is 8.23. The third kappa shape index (κ3) is 3.80. The molecule has 23 heavy (non-hydrogen) atoms. The molecule has 1 unspecified atom stereocenters. The standard InChI is InChI=1S/C17H24N4OS/c1-10-8-12(3)14(9-11(10)2)15(22)13(4)23-16-18-19-20-21(16)17(5,6)7/h8-9,13H,1-7H3. The van der Waals surface area contributed by atoms with Crippen molar-refractivity contribution in [2.45, 2.75) is 64.4 Å². The Balaban J connectivity index is 2.25. The lowest BCUT2D eigenvalue weighted by molar-refractivity contribution is 0.0993. The fourth-order valence-corrected chi connectivity index (χ4v) is 3.37. The van der Waals surface area contributed by atoms with Gasteiger partial charge in [0.05, 0.1) is 10.8 Å². The van der Waals surface area contributed by atoms with Crippen LogP contribution in [-0.2, 0) is 5.54 Å². The summed E-state index contributed by atoms with van der Waals surface area (Å²) in [6, 6.07) is 4.05. The summed E-state index contributed by atoms with van der Waals surface area (Å²) in [7, 11) is 0. The second kappa shape index (κ2) is 6.43. The van der Waals surface area contributed by atoms with E-state index in [1.54, 1.807) is 4.68 Å². The van der Waals surface area contributed by atoms with Crippen molar-refractivity contribution in [1.29, 1.82) is 0 Å². The number of carbonyl (C=O) groups excluding carboxylic acids is 1. The average molecular weight is 332 g/mol. The van der Waals surface area contributed by atoms with Crippen molar-refractivity contribution in [2.75, 3.05) is 0 Å². The molecule has 0 radical (unpaired) electrons. The monoisotopic (exact) mass is 332 g/mol. The lowest BCUT2D eigenvalue weighted by Gasteiger charge is -2.20. The van der Waals surface area contributed by atoms with Gasteiger partial charge in [-0.25, -0.2) is 4.68 Å². The highest BCUT2D eigenvalue weighted by Crippen LogP contribution is 2.28. The first kappa shape index (κ1) is 17.7. The first-order chi connectivity index (χ1) is 10.6. The van der Waals surface area contributed by atoms with Gasteiger partial charge in [0, 0.05) is 5.56 Å². The van der Waals surface area contributed by atoms with Gasteiger partial charge in [0.15, 0.2) is 5.78 Å². The zero-order chi connectivity index (χ0) is 17.4. The molecule has 0 amide bonds. The number of nitrogens with zero attached hydrogens (tertiary/aromatic N) is 4. The number of Topliss-reactive ketones (excluding diaryl/α,β-unsaturated/α-hetero) is 1. The maximum Gasteiger partial charge on any atom is 0.210 e. The van der Waals surface area contributed by atoms with Crippen LogP contribution in [0.1, 0.15) is 54.7 Å². The summed E-state index contributed by atoms with van der Waals surface area (Å²) < 4.78 is 1.76. The molecule has 124 valence electrons. The van der Waals surface area contributed by atoms with Crippen molar-refractivity contribution < 1.29 is 4.79 Å². The number of rotatable bonds is 4. The van der Waals surface area contributed by atoms with Crippen LogP contribution in [0.2, 0.25) is 0 Å². The van der Waals surface area contributed by atoms with Crippen molar-refractivity contribution in [3.63, 3.8) is 0 Å². The van der Waals surface area contributed by atoms with Crippen molar-refractivity contribution in [3.8, 4) is 0 Å². The molecule has 0 saturated carbocycles. The predicted molar refractivity (Wildman–Crippen MR) is 93.1 cm³/mol. The van der Waals surface area contributed by atoms with E-state index in [2.05, 4.69) is 28.5 Å². The Morgan fingerprint density at radius 2 is 1.74 bits per heavy atom. The Morgan fingerprint density at radius 3 is 2.35 bits per heavy atom. The molecule has 1 atom stereocenters. The molecule has 1 aromatic heterocycles. The number of ketones is 1. The molecule has 0 aliphatic carbocycles. The summed E-state index contributed by atoms with van der Waals surface area (Å²) >= 11 is 1.40. The number of hydrogen-bond donors (Lipinski definition) is 0. The first-order valence-corrected chi connectivity index (χ1v) is 8.57. The van der Waals surface area contributed by atoms with E-state index in [0.717, 1.165) is 16.7 Å². The van der Waals surface area contributed by atoms with Crippen LogP contribution in [0.25, 0.3) is 0 Å². The van der Waals surface area contributed by atoms with E-state index < -0.39 is 0 Å². The van der Waals surface area contributed by atoms with Gasteiger partial charge in [-0.15, -0.1) is 5.10 Å². The lowest BCUT2D eigenvalue weighted by atomic mass is 9.97. The van der Waals surface area contributed by atoms with Crippen LogP contribution in [0, 0.1) is 20.8 Å². The molecule has 0 saturated heterocycles. The highest BCUT2D eigenvalue weighted by Gasteiger charge is 2.25. The van der Waals surface area contributed by atoms with Gasteiger partial charge >= 0.3 is 0 Å². The van der Waals surface area contributed by atoms with Gasteiger partial charge in [-0.2, -0.15) is 0 Å². The van der Waals surface area contributed by atoms with Gasteiger partial charge in [-0.3, -0.25) is 4.79 Å². The molecule has 2 rings (SSSR count). The predicted octanol–water partition coefficient (Wildman–Crippen LogP) is 3.72. The molecule has 0 spiro atoms. The van der Waals surface area contributed by atoms with Crippen molar-refractivity contribution >= 4 is 17.5 Å². The van der Waals surface area contributed by atoms with Gasteiger partial charge < -0.3 is 0 Å². The minimum atomic E-state index is -0.247. The van der Waals surface area contributed by atoms with Crippen molar-refractivity contribution in [3.05, 3.63) is 34.4 Å². The highest BCUT2D eigenvalue weighted by molar-refractivity contribution is 8.00. The van der Waals surface area contributed by atoms with Crippen LogP contribution in [0.15, 0.2) is 17.3 Å². The minimum absolute atomic E-state index is 0.110. The first-order valence-electron chi connectivity index (χ1n) is 7.69. The number of benzene rings is 1. The summed E-state index contributed by atoms with van der Waals surface area (Å²) in [5.41, 5.74) is 3.92. The van der Waals surface area contributed by atoms with Gasteiger partial charge in [-0.05, 0) is 81.6 Å². The molecule has 0 bridgehead atoms.